The SMILES string of the molecule is CCN=C(NN)N(CC)c1cccc(F)c1. The molecular formula is C11H17FN4. The maximum Gasteiger partial charge on any atom is 0.212 e. The van der Waals surface area contributed by atoms with Crippen LogP contribution in [0.2, 0.25) is 0 Å². The van der Waals surface area contributed by atoms with E-state index in [-0.39, 0.29) is 5.82 Å². The molecule has 88 valence electrons. The van der Waals surface area contributed by atoms with E-state index in [1.165, 1.54) is 12.1 Å². The Morgan fingerprint density at radius 3 is 2.75 bits per heavy atom. The molecular weight excluding hydrogens is 207 g/mol. The molecule has 0 spiro atoms. The Balaban J connectivity index is 3.01. The summed E-state index contributed by atoms with van der Waals surface area (Å²) in [4.78, 5) is 6.02. The summed E-state index contributed by atoms with van der Waals surface area (Å²) in [6.45, 7) is 5.14. The number of halogens is 1. The second-order valence-electron chi connectivity index (χ2n) is 3.17. The summed E-state index contributed by atoms with van der Waals surface area (Å²) in [5.74, 6) is 5.66. The Bertz CT molecular complexity index is 365. The van der Waals surface area contributed by atoms with Crippen LogP contribution in [0.15, 0.2) is 29.3 Å². The Hall–Kier alpha value is -1.62. The molecule has 3 N–H and O–H groups in total. The van der Waals surface area contributed by atoms with Crippen LogP contribution in [0, 0.1) is 5.82 Å². The smallest absolute Gasteiger partial charge is 0.212 e. The molecule has 0 bridgehead atoms. The fourth-order valence-electron chi connectivity index (χ4n) is 1.46. The van der Waals surface area contributed by atoms with Crippen molar-refractivity contribution in [3.8, 4) is 0 Å². The quantitative estimate of drug-likeness (QED) is 0.354. The number of hydrogen-bond donors (Lipinski definition) is 2. The van der Waals surface area contributed by atoms with Gasteiger partial charge in [0.2, 0.25) is 5.96 Å². The van der Waals surface area contributed by atoms with Gasteiger partial charge in [0, 0.05) is 18.8 Å². The summed E-state index contributed by atoms with van der Waals surface area (Å²) >= 11 is 0. The second kappa shape index (κ2) is 6.07. The molecule has 4 nitrogen and oxygen atoms in total. The van der Waals surface area contributed by atoms with Crippen LogP contribution in [0.3, 0.4) is 0 Å². The molecule has 0 radical (unpaired) electrons. The fraction of sp³-hybridized carbons (Fsp3) is 0.364. The number of nitrogens with two attached hydrogens (primary N) is 1. The van der Waals surface area contributed by atoms with E-state index in [0.29, 0.717) is 19.0 Å². The van der Waals surface area contributed by atoms with Crippen molar-refractivity contribution in [3.63, 3.8) is 0 Å². The standard InChI is InChI=1S/C11H17FN4/c1-3-14-11(15-13)16(4-2)10-7-5-6-9(12)8-10/h5-8H,3-4,13H2,1-2H3,(H,14,15). The Kier molecular flexibility index (Phi) is 4.72. The van der Waals surface area contributed by atoms with Crippen molar-refractivity contribution in [2.24, 2.45) is 10.8 Å². The predicted molar refractivity (Wildman–Crippen MR) is 64.7 cm³/mol. The normalized spacial score (nSPS) is 11.4. The first-order valence-electron chi connectivity index (χ1n) is 5.27. The fourth-order valence-corrected chi connectivity index (χ4v) is 1.46. The van der Waals surface area contributed by atoms with Crippen molar-refractivity contribution >= 4 is 11.6 Å². The third-order valence-electron chi connectivity index (χ3n) is 2.13. The molecule has 0 fully saturated rings. The van der Waals surface area contributed by atoms with Crippen LogP contribution in [0.1, 0.15) is 13.8 Å². The van der Waals surface area contributed by atoms with Gasteiger partial charge in [-0.1, -0.05) is 6.07 Å². The molecule has 1 aromatic rings. The summed E-state index contributed by atoms with van der Waals surface area (Å²) in [6.07, 6.45) is 0. The topological polar surface area (TPSA) is 53.6 Å². The molecule has 0 amide bonds. The minimum absolute atomic E-state index is 0.274. The predicted octanol–water partition coefficient (Wildman–Crippen LogP) is 1.49. The Morgan fingerprint density at radius 1 is 1.50 bits per heavy atom. The second-order valence-corrected chi connectivity index (χ2v) is 3.17. The summed E-state index contributed by atoms with van der Waals surface area (Å²) in [6, 6.07) is 6.33. The van der Waals surface area contributed by atoms with E-state index in [9.17, 15) is 4.39 Å². The van der Waals surface area contributed by atoms with Gasteiger partial charge in [0.05, 0.1) is 0 Å². The number of nitrogens with one attached hydrogen (secondary N) is 1. The highest BCUT2D eigenvalue weighted by atomic mass is 19.1. The van der Waals surface area contributed by atoms with Crippen molar-refractivity contribution in [1.82, 2.24) is 5.43 Å². The molecule has 1 rings (SSSR count). The number of benzene rings is 1. The van der Waals surface area contributed by atoms with Crippen LogP contribution >= 0.6 is 0 Å². The van der Waals surface area contributed by atoms with Crippen molar-refractivity contribution in [1.29, 1.82) is 0 Å². The summed E-state index contributed by atoms with van der Waals surface area (Å²) in [5.41, 5.74) is 3.25. The lowest BCUT2D eigenvalue weighted by atomic mass is 10.3. The van der Waals surface area contributed by atoms with E-state index in [1.807, 2.05) is 24.8 Å². The monoisotopic (exact) mass is 224 g/mol. The maximum atomic E-state index is 13.1. The first-order chi connectivity index (χ1) is 7.72. The van der Waals surface area contributed by atoms with Gasteiger partial charge in [0.25, 0.3) is 0 Å². The molecule has 0 aromatic heterocycles. The summed E-state index contributed by atoms with van der Waals surface area (Å²) < 4.78 is 13.1. The third kappa shape index (κ3) is 2.93. The number of hydrazine groups is 1. The Morgan fingerprint density at radius 2 is 2.25 bits per heavy atom. The van der Waals surface area contributed by atoms with Crippen LogP contribution in [0.25, 0.3) is 0 Å². The lowest BCUT2D eigenvalue weighted by Gasteiger charge is -2.24. The van der Waals surface area contributed by atoms with Crippen LogP contribution < -0.4 is 16.2 Å². The number of anilines is 1. The van der Waals surface area contributed by atoms with Gasteiger partial charge < -0.3 is 4.90 Å². The average molecular weight is 224 g/mol. The molecule has 5 heteroatoms. The molecule has 0 unspecified atom stereocenters. The number of nitrogens with zero attached hydrogens (tertiary/aromatic N) is 2. The van der Waals surface area contributed by atoms with E-state index in [2.05, 4.69) is 10.4 Å². The highest BCUT2D eigenvalue weighted by Crippen LogP contribution is 2.15. The van der Waals surface area contributed by atoms with Gasteiger partial charge in [0.1, 0.15) is 5.82 Å². The highest BCUT2D eigenvalue weighted by molar-refractivity contribution is 5.95. The molecule has 0 aliphatic carbocycles. The van der Waals surface area contributed by atoms with Crippen molar-refractivity contribution in [2.45, 2.75) is 13.8 Å². The number of aliphatic imine (C=N–C) groups is 1. The van der Waals surface area contributed by atoms with Crippen LogP contribution in [0.5, 0.6) is 0 Å². The van der Waals surface area contributed by atoms with E-state index < -0.39 is 0 Å². The highest BCUT2D eigenvalue weighted by Gasteiger charge is 2.10. The average Bonchev–Trinajstić information content (AvgIpc) is 2.29. The number of rotatable bonds is 3. The summed E-state index contributed by atoms with van der Waals surface area (Å²) in [7, 11) is 0. The van der Waals surface area contributed by atoms with Gasteiger partial charge in [-0.2, -0.15) is 0 Å². The molecule has 0 aliphatic rings. The minimum Gasteiger partial charge on any atom is -0.312 e. The van der Waals surface area contributed by atoms with Crippen LogP contribution in [-0.2, 0) is 0 Å². The third-order valence-corrected chi connectivity index (χ3v) is 2.13. The van der Waals surface area contributed by atoms with Crippen molar-refractivity contribution in [3.05, 3.63) is 30.1 Å². The van der Waals surface area contributed by atoms with Gasteiger partial charge >= 0.3 is 0 Å². The molecule has 0 saturated heterocycles. The first-order valence-corrected chi connectivity index (χ1v) is 5.27. The van der Waals surface area contributed by atoms with Gasteiger partial charge in [-0.25, -0.2) is 10.2 Å². The zero-order valence-corrected chi connectivity index (χ0v) is 9.57. The Labute approximate surface area is 94.9 Å². The number of hydrogen-bond acceptors (Lipinski definition) is 2. The largest absolute Gasteiger partial charge is 0.312 e. The van der Waals surface area contributed by atoms with Crippen LogP contribution in [0.4, 0.5) is 10.1 Å². The van der Waals surface area contributed by atoms with Gasteiger partial charge in [0.15, 0.2) is 0 Å². The lowest BCUT2D eigenvalue weighted by molar-refractivity contribution is 0.627. The van der Waals surface area contributed by atoms with E-state index in [4.69, 9.17) is 5.84 Å². The minimum atomic E-state index is -0.274. The zero-order chi connectivity index (χ0) is 12.0. The zero-order valence-electron chi connectivity index (χ0n) is 9.57. The van der Waals surface area contributed by atoms with Gasteiger partial charge in [-0.15, -0.1) is 0 Å². The molecule has 0 aliphatic heterocycles. The van der Waals surface area contributed by atoms with E-state index in [1.54, 1.807) is 6.07 Å². The molecule has 16 heavy (non-hydrogen) atoms. The molecule has 1 aromatic carbocycles. The van der Waals surface area contributed by atoms with Crippen molar-refractivity contribution < 1.29 is 4.39 Å². The van der Waals surface area contributed by atoms with Crippen molar-refractivity contribution in [2.75, 3.05) is 18.0 Å². The van der Waals surface area contributed by atoms with Crippen LogP contribution in [-0.4, -0.2) is 19.0 Å². The maximum absolute atomic E-state index is 13.1. The lowest BCUT2D eigenvalue weighted by Crippen LogP contribution is -2.45. The first kappa shape index (κ1) is 12.4. The van der Waals surface area contributed by atoms with E-state index in [0.717, 1.165) is 5.69 Å². The molecule has 0 atom stereocenters. The molecule has 0 heterocycles. The summed E-state index contributed by atoms with van der Waals surface area (Å²) in [5, 5.41) is 0. The number of guanidine groups is 1. The van der Waals surface area contributed by atoms with Gasteiger partial charge in [-0.3, -0.25) is 10.4 Å². The van der Waals surface area contributed by atoms with Gasteiger partial charge in [-0.05, 0) is 32.0 Å². The molecule has 0 saturated carbocycles. The van der Waals surface area contributed by atoms with E-state index >= 15 is 0 Å².